The summed E-state index contributed by atoms with van der Waals surface area (Å²) in [4.78, 5) is 24.4. The molecule has 0 aliphatic heterocycles. The van der Waals surface area contributed by atoms with Gasteiger partial charge in [0.05, 0.1) is 21.9 Å². The number of amides is 1. The minimum atomic E-state index is -4.43. The maximum atomic E-state index is 12.7. The van der Waals surface area contributed by atoms with Gasteiger partial charge in [0.2, 0.25) is 17.8 Å². The van der Waals surface area contributed by atoms with Gasteiger partial charge < -0.3 is 16.4 Å². The van der Waals surface area contributed by atoms with Gasteiger partial charge in [0, 0.05) is 17.0 Å². The lowest BCUT2D eigenvalue weighted by atomic mass is 9.85. The van der Waals surface area contributed by atoms with Crippen LogP contribution in [0.3, 0.4) is 0 Å². The van der Waals surface area contributed by atoms with Crippen LogP contribution < -0.4 is 16.4 Å². The predicted octanol–water partition coefficient (Wildman–Crippen LogP) is 5.72. The second kappa shape index (κ2) is 9.63. The number of nitrogens with one attached hydrogen (secondary N) is 2. The van der Waals surface area contributed by atoms with Gasteiger partial charge in [-0.3, -0.25) is 9.36 Å². The third-order valence-corrected chi connectivity index (χ3v) is 6.40. The number of rotatable bonds is 6. The molecule has 1 amide bonds. The van der Waals surface area contributed by atoms with E-state index in [9.17, 15) is 18.0 Å². The highest BCUT2D eigenvalue weighted by Gasteiger charge is 2.30. The van der Waals surface area contributed by atoms with Gasteiger partial charge in [0.25, 0.3) is 0 Å². The molecule has 4 rings (SSSR count). The van der Waals surface area contributed by atoms with Crippen molar-refractivity contribution in [1.29, 1.82) is 0 Å². The summed E-state index contributed by atoms with van der Waals surface area (Å²) in [5.41, 5.74) is 6.50. The van der Waals surface area contributed by atoms with Crippen molar-refractivity contribution in [3.8, 4) is 0 Å². The molecular weight excluding hydrogens is 518 g/mol. The average molecular weight is 537 g/mol. The summed E-state index contributed by atoms with van der Waals surface area (Å²) in [6.45, 7) is -1.28. The number of alkyl halides is 3. The van der Waals surface area contributed by atoms with Crippen LogP contribution in [0.5, 0.6) is 0 Å². The molecule has 1 saturated carbocycles. The van der Waals surface area contributed by atoms with Crippen LogP contribution in [0.1, 0.15) is 31.7 Å². The summed E-state index contributed by atoms with van der Waals surface area (Å²) in [6.07, 6.45) is -0.794. The highest BCUT2D eigenvalue weighted by atomic mass is 35.5. The second-order valence-corrected chi connectivity index (χ2v) is 9.20. The van der Waals surface area contributed by atoms with Crippen LogP contribution in [-0.4, -0.2) is 38.1 Å². The first-order chi connectivity index (χ1) is 16.0. The van der Waals surface area contributed by atoms with Crippen LogP contribution in [0.4, 0.5) is 30.8 Å². The summed E-state index contributed by atoms with van der Waals surface area (Å²) in [7, 11) is 0. The molecule has 1 fully saturated rings. The fourth-order valence-corrected chi connectivity index (χ4v) is 4.89. The van der Waals surface area contributed by atoms with Crippen molar-refractivity contribution in [3.63, 3.8) is 0 Å². The van der Waals surface area contributed by atoms with E-state index in [1.165, 1.54) is 18.3 Å². The lowest BCUT2D eigenvalue weighted by Gasteiger charge is -2.29. The molecule has 0 saturated heterocycles. The van der Waals surface area contributed by atoms with Crippen molar-refractivity contribution in [2.45, 2.75) is 37.9 Å². The number of carbonyl (C=O) groups is 1. The van der Waals surface area contributed by atoms with E-state index in [-0.39, 0.29) is 33.9 Å². The van der Waals surface area contributed by atoms with E-state index < -0.39 is 12.7 Å². The van der Waals surface area contributed by atoms with E-state index in [4.69, 9.17) is 40.5 Å². The quantitative estimate of drug-likeness (QED) is 0.372. The van der Waals surface area contributed by atoms with Crippen LogP contribution >= 0.6 is 34.8 Å². The topological polar surface area (TPSA) is 111 Å². The van der Waals surface area contributed by atoms with Gasteiger partial charge in [0.15, 0.2) is 5.65 Å². The Labute approximate surface area is 207 Å². The number of nitrogens with two attached hydrogens (primary N) is 1. The Kier molecular flexibility index (Phi) is 6.97. The molecule has 0 bridgehead atoms. The SMILES string of the molecule is NC(=O)[C@H]1CC[C@@H](n2c(Nc3c(Cl)cc(Cl)cc3Cl)nc3cnc(NCC(F)(F)F)nc32)CC1. The number of imidazole rings is 1. The zero-order valence-corrected chi connectivity index (χ0v) is 19.7. The normalized spacial score (nSPS) is 18.8. The Bertz CT molecular complexity index is 1200. The first kappa shape index (κ1) is 24.6. The number of hydrogen-bond donors (Lipinski definition) is 3. The van der Waals surface area contributed by atoms with E-state index >= 15 is 0 Å². The number of fused-ring (bicyclic) bond motifs is 1. The lowest BCUT2D eigenvalue weighted by molar-refractivity contribution is -0.123. The highest BCUT2D eigenvalue weighted by molar-refractivity contribution is 6.41. The monoisotopic (exact) mass is 535 g/mol. The molecule has 1 aliphatic carbocycles. The molecule has 8 nitrogen and oxygen atoms in total. The number of nitrogens with zero attached hydrogens (tertiary/aromatic N) is 4. The predicted molar refractivity (Wildman–Crippen MR) is 125 cm³/mol. The number of anilines is 3. The Balaban J connectivity index is 1.75. The van der Waals surface area contributed by atoms with Crippen molar-refractivity contribution in [3.05, 3.63) is 33.4 Å². The maximum absolute atomic E-state index is 12.7. The van der Waals surface area contributed by atoms with Crippen LogP contribution in [0.15, 0.2) is 18.3 Å². The smallest absolute Gasteiger partial charge is 0.369 e. The summed E-state index contributed by atoms with van der Waals surface area (Å²) in [6, 6.07) is 2.88. The molecule has 34 heavy (non-hydrogen) atoms. The maximum Gasteiger partial charge on any atom is 0.405 e. The van der Waals surface area contributed by atoms with E-state index in [0.29, 0.717) is 53.5 Å². The molecule has 0 spiro atoms. The largest absolute Gasteiger partial charge is 0.405 e. The third-order valence-electron chi connectivity index (χ3n) is 5.59. The Hall–Kier alpha value is -2.50. The standard InChI is InChI=1S/C20H19Cl3F3N7O/c21-10-5-12(22)15(13(23)6-10)31-19-30-14-7-28-18(29-8-20(24,25)26)32-17(14)33(19)11-3-1-9(2-4-11)16(27)34/h5-7,9,11H,1-4,8H2,(H2,27,34)(H,30,31)(H,28,29,32)/t9-,11+. The van der Waals surface area contributed by atoms with Crippen LogP contribution in [-0.2, 0) is 4.79 Å². The van der Waals surface area contributed by atoms with Crippen LogP contribution in [0, 0.1) is 5.92 Å². The van der Waals surface area contributed by atoms with Crippen molar-refractivity contribution < 1.29 is 18.0 Å². The lowest BCUT2D eigenvalue weighted by Crippen LogP contribution is -2.29. The van der Waals surface area contributed by atoms with Gasteiger partial charge in [-0.05, 0) is 37.8 Å². The fourth-order valence-electron chi connectivity index (χ4n) is 3.98. The second-order valence-electron chi connectivity index (χ2n) is 7.95. The van der Waals surface area contributed by atoms with Gasteiger partial charge in [0.1, 0.15) is 12.1 Å². The molecule has 1 aliphatic rings. The first-order valence-electron chi connectivity index (χ1n) is 10.3. The number of hydrogen-bond acceptors (Lipinski definition) is 6. The Morgan fingerprint density at radius 3 is 2.35 bits per heavy atom. The molecule has 182 valence electrons. The molecule has 0 radical (unpaired) electrons. The summed E-state index contributed by atoms with van der Waals surface area (Å²) >= 11 is 18.6. The zero-order valence-electron chi connectivity index (χ0n) is 17.5. The minimum absolute atomic E-state index is 0.154. The number of carbonyl (C=O) groups excluding carboxylic acids is 1. The molecule has 0 atom stereocenters. The molecule has 0 unspecified atom stereocenters. The van der Waals surface area contributed by atoms with Crippen LogP contribution in [0.2, 0.25) is 15.1 Å². The highest BCUT2D eigenvalue weighted by Crippen LogP contribution is 2.40. The van der Waals surface area contributed by atoms with Crippen molar-refractivity contribution in [2.75, 3.05) is 17.2 Å². The molecule has 3 aromatic rings. The molecule has 4 N–H and O–H groups in total. The summed E-state index contributed by atoms with van der Waals surface area (Å²) in [5, 5.41) is 6.15. The molecule has 2 heterocycles. The molecule has 14 heteroatoms. The fraction of sp³-hybridized carbons (Fsp3) is 0.400. The summed E-state index contributed by atoms with van der Waals surface area (Å²) < 4.78 is 39.8. The number of halogens is 6. The van der Waals surface area contributed by atoms with Gasteiger partial charge in [-0.15, -0.1) is 0 Å². The van der Waals surface area contributed by atoms with Gasteiger partial charge >= 0.3 is 6.18 Å². The van der Waals surface area contributed by atoms with E-state index in [1.807, 2.05) is 0 Å². The van der Waals surface area contributed by atoms with E-state index in [0.717, 1.165) is 0 Å². The first-order valence-corrected chi connectivity index (χ1v) is 11.4. The number of benzene rings is 1. The van der Waals surface area contributed by atoms with Crippen molar-refractivity contribution in [2.24, 2.45) is 11.7 Å². The van der Waals surface area contributed by atoms with Gasteiger partial charge in [-0.25, -0.2) is 9.97 Å². The van der Waals surface area contributed by atoms with Crippen molar-refractivity contribution >= 4 is 69.5 Å². The molecular formula is C20H19Cl3F3N7O. The van der Waals surface area contributed by atoms with Crippen LogP contribution in [0.25, 0.3) is 11.2 Å². The molecule has 1 aromatic carbocycles. The number of primary amides is 1. The average Bonchev–Trinajstić information content (AvgIpc) is 3.11. The Morgan fingerprint density at radius 2 is 1.76 bits per heavy atom. The van der Waals surface area contributed by atoms with E-state index in [1.54, 1.807) is 4.57 Å². The van der Waals surface area contributed by atoms with E-state index in [2.05, 4.69) is 25.6 Å². The van der Waals surface area contributed by atoms with Crippen molar-refractivity contribution in [1.82, 2.24) is 19.5 Å². The number of aromatic nitrogens is 4. The Morgan fingerprint density at radius 1 is 1.12 bits per heavy atom. The zero-order chi connectivity index (χ0) is 24.6. The molecule has 2 aromatic heterocycles. The van der Waals surface area contributed by atoms with Gasteiger partial charge in [-0.2, -0.15) is 18.2 Å². The minimum Gasteiger partial charge on any atom is -0.369 e. The third kappa shape index (κ3) is 5.42. The van der Waals surface area contributed by atoms with Gasteiger partial charge in [-0.1, -0.05) is 34.8 Å². The summed E-state index contributed by atoms with van der Waals surface area (Å²) in [5.74, 6) is -0.453.